The van der Waals surface area contributed by atoms with E-state index in [4.69, 9.17) is 0 Å². The lowest BCUT2D eigenvalue weighted by Gasteiger charge is -2.25. The Hall–Kier alpha value is -1.19. The van der Waals surface area contributed by atoms with E-state index >= 15 is 0 Å². The fourth-order valence-electron chi connectivity index (χ4n) is 1.68. The molecule has 1 aliphatic carbocycles. The third-order valence-electron chi connectivity index (χ3n) is 2.69. The summed E-state index contributed by atoms with van der Waals surface area (Å²) < 4.78 is 39.4. The lowest BCUT2D eigenvalue weighted by Crippen LogP contribution is -2.17. The van der Waals surface area contributed by atoms with Crippen LogP contribution in [0.3, 0.4) is 0 Å². The summed E-state index contributed by atoms with van der Waals surface area (Å²) in [7, 11) is 0. The van der Waals surface area contributed by atoms with Gasteiger partial charge in [0.25, 0.3) is 0 Å². The molecule has 0 bridgehead atoms. The fourth-order valence-corrected chi connectivity index (χ4v) is 1.68. The van der Waals surface area contributed by atoms with E-state index in [0.717, 1.165) is 18.4 Å². The second-order valence-corrected chi connectivity index (χ2v) is 3.74. The van der Waals surface area contributed by atoms with Gasteiger partial charge < -0.3 is 4.74 Å². The van der Waals surface area contributed by atoms with Gasteiger partial charge in [0.1, 0.15) is 5.75 Å². The first-order chi connectivity index (χ1) is 7.04. The topological polar surface area (TPSA) is 9.23 Å². The SMILES string of the molecule is FC(F)(F)Oc1ccc(C2CCC2)cc1. The van der Waals surface area contributed by atoms with Crippen molar-refractivity contribution >= 4 is 0 Å². The summed E-state index contributed by atoms with van der Waals surface area (Å²) in [5, 5.41) is 0. The molecule has 0 aliphatic heterocycles. The Balaban J connectivity index is 2.03. The summed E-state index contributed by atoms with van der Waals surface area (Å²) in [5.74, 6) is 0.385. The summed E-state index contributed by atoms with van der Waals surface area (Å²) in [6.45, 7) is 0. The zero-order valence-electron chi connectivity index (χ0n) is 8.05. The average Bonchev–Trinajstić information content (AvgIpc) is 2.02. The van der Waals surface area contributed by atoms with E-state index in [2.05, 4.69) is 4.74 Å². The van der Waals surface area contributed by atoms with Crippen LogP contribution in [-0.2, 0) is 0 Å². The van der Waals surface area contributed by atoms with Gasteiger partial charge in [0.05, 0.1) is 0 Å². The Bertz CT molecular complexity index is 325. The van der Waals surface area contributed by atoms with Crippen LogP contribution >= 0.6 is 0 Å². The van der Waals surface area contributed by atoms with E-state index in [1.165, 1.54) is 18.6 Å². The molecule has 0 amide bonds. The minimum atomic E-state index is -4.60. The maximum absolute atomic E-state index is 11.9. The lowest BCUT2D eigenvalue weighted by molar-refractivity contribution is -0.274. The van der Waals surface area contributed by atoms with Crippen LogP contribution in [0.5, 0.6) is 5.75 Å². The predicted octanol–water partition coefficient (Wildman–Crippen LogP) is 3.85. The summed E-state index contributed by atoms with van der Waals surface area (Å²) in [6.07, 6.45) is -1.11. The molecule has 0 spiro atoms. The third kappa shape index (κ3) is 2.64. The van der Waals surface area contributed by atoms with Crippen molar-refractivity contribution in [2.75, 3.05) is 0 Å². The minimum Gasteiger partial charge on any atom is -0.406 e. The monoisotopic (exact) mass is 216 g/mol. The number of benzene rings is 1. The number of rotatable bonds is 2. The van der Waals surface area contributed by atoms with E-state index < -0.39 is 6.36 Å². The van der Waals surface area contributed by atoms with Crippen molar-refractivity contribution in [1.82, 2.24) is 0 Å². The largest absolute Gasteiger partial charge is 0.573 e. The van der Waals surface area contributed by atoms with Crippen LogP contribution in [0, 0.1) is 0 Å². The number of alkyl halides is 3. The second-order valence-electron chi connectivity index (χ2n) is 3.74. The molecular formula is C11H11F3O. The molecule has 0 N–H and O–H groups in total. The quantitative estimate of drug-likeness (QED) is 0.729. The smallest absolute Gasteiger partial charge is 0.406 e. The van der Waals surface area contributed by atoms with Crippen molar-refractivity contribution in [3.05, 3.63) is 29.8 Å². The molecule has 1 aromatic carbocycles. The first kappa shape index (κ1) is 10.3. The molecule has 0 saturated heterocycles. The molecule has 0 radical (unpaired) electrons. The molecule has 15 heavy (non-hydrogen) atoms. The summed E-state index contributed by atoms with van der Waals surface area (Å²) in [4.78, 5) is 0. The molecule has 1 nitrogen and oxygen atoms in total. The van der Waals surface area contributed by atoms with Gasteiger partial charge >= 0.3 is 6.36 Å². The molecule has 0 atom stereocenters. The molecule has 1 aromatic rings. The van der Waals surface area contributed by atoms with Gasteiger partial charge in [-0.25, -0.2) is 0 Å². The zero-order valence-corrected chi connectivity index (χ0v) is 8.05. The Morgan fingerprint density at radius 3 is 2.07 bits per heavy atom. The molecule has 4 heteroatoms. The van der Waals surface area contributed by atoms with Crippen molar-refractivity contribution in [3.63, 3.8) is 0 Å². The molecule has 0 heterocycles. The van der Waals surface area contributed by atoms with E-state index in [9.17, 15) is 13.2 Å². The summed E-state index contributed by atoms with van der Waals surface area (Å²) >= 11 is 0. The standard InChI is InChI=1S/C11H11F3O/c12-11(13,14)15-10-6-4-9(5-7-10)8-2-1-3-8/h4-8H,1-3H2. The first-order valence-electron chi connectivity index (χ1n) is 4.90. The van der Waals surface area contributed by atoms with Crippen LogP contribution in [-0.4, -0.2) is 6.36 Å². The van der Waals surface area contributed by atoms with E-state index in [0.29, 0.717) is 5.92 Å². The highest BCUT2D eigenvalue weighted by molar-refractivity contribution is 5.30. The molecule has 1 aliphatic rings. The molecular weight excluding hydrogens is 205 g/mol. The van der Waals surface area contributed by atoms with Crippen LogP contribution in [0.2, 0.25) is 0 Å². The van der Waals surface area contributed by atoms with Gasteiger partial charge in [-0.2, -0.15) is 0 Å². The molecule has 2 rings (SSSR count). The highest BCUT2D eigenvalue weighted by Crippen LogP contribution is 2.37. The maximum Gasteiger partial charge on any atom is 0.573 e. The van der Waals surface area contributed by atoms with Gasteiger partial charge in [-0.15, -0.1) is 13.2 Å². The van der Waals surface area contributed by atoms with Gasteiger partial charge in [-0.1, -0.05) is 18.6 Å². The molecule has 0 unspecified atom stereocenters. The van der Waals surface area contributed by atoms with Crippen LogP contribution in [0.25, 0.3) is 0 Å². The average molecular weight is 216 g/mol. The Morgan fingerprint density at radius 1 is 1.07 bits per heavy atom. The number of halogens is 3. The van der Waals surface area contributed by atoms with Crippen LogP contribution in [0.15, 0.2) is 24.3 Å². The van der Waals surface area contributed by atoms with Gasteiger partial charge in [0.2, 0.25) is 0 Å². The fraction of sp³-hybridized carbons (Fsp3) is 0.455. The number of hydrogen-bond acceptors (Lipinski definition) is 1. The normalized spacial score (nSPS) is 17.3. The first-order valence-corrected chi connectivity index (χ1v) is 4.90. The summed E-state index contributed by atoms with van der Waals surface area (Å²) in [5.41, 5.74) is 1.11. The lowest BCUT2D eigenvalue weighted by atomic mass is 9.80. The van der Waals surface area contributed by atoms with E-state index in [1.807, 2.05) is 0 Å². The highest BCUT2D eigenvalue weighted by atomic mass is 19.4. The van der Waals surface area contributed by atoms with E-state index in [-0.39, 0.29) is 5.75 Å². The van der Waals surface area contributed by atoms with Gasteiger partial charge in [0, 0.05) is 0 Å². The Labute approximate surface area is 85.9 Å². The Kier molecular flexibility index (Phi) is 2.59. The van der Waals surface area contributed by atoms with Crippen molar-refractivity contribution < 1.29 is 17.9 Å². The van der Waals surface area contributed by atoms with Crippen molar-refractivity contribution in [1.29, 1.82) is 0 Å². The third-order valence-corrected chi connectivity index (χ3v) is 2.69. The highest BCUT2D eigenvalue weighted by Gasteiger charge is 2.31. The minimum absolute atomic E-state index is 0.148. The van der Waals surface area contributed by atoms with Gasteiger partial charge in [-0.05, 0) is 36.5 Å². The van der Waals surface area contributed by atoms with Gasteiger partial charge in [0.15, 0.2) is 0 Å². The van der Waals surface area contributed by atoms with Crippen LogP contribution < -0.4 is 4.74 Å². The maximum atomic E-state index is 11.9. The van der Waals surface area contributed by atoms with E-state index in [1.54, 1.807) is 12.1 Å². The van der Waals surface area contributed by atoms with Crippen molar-refractivity contribution in [3.8, 4) is 5.75 Å². The molecule has 82 valence electrons. The van der Waals surface area contributed by atoms with Crippen molar-refractivity contribution in [2.45, 2.75) is 31.5 Å². The van der Waals surface area contributed by atoms with Crippen molar-refractivity contribution in [2.24, 2.45) is 0 Å². The molecule has 1 saturated carbocycles. The zero-order chi connectivity index (χ0) is 10.9. The number of hydrogen-bond donors (Lipinski definition) is 0. The van der Waals surface area contributed by atoms with Crippen LogP contribution in [0.1, 0.15) is 30.7 Å². The molecule has 0 aromatic heterocycles. The van der Waals surface area contributed by atoms with Gasteiger partial charge in [-0.3, -0.25) is 0 Å². The number of ether oxygens (including phenoxy) is 1. The van der Waals surface area contributed by atoms with Crippen LogP contribution in [0.4, 0.5) is 13.2 Å². The summed E-state index contributed by atoms with van der Waals surface area (Å²) in [6, 6.07) is 6.18. The Morgan fingerprint density at radius 2 is 1.67 bits per heavy atom. The second kappa shape index (κ2) is 3.76. The molecule has 1 fully saturated rings. The predicted molar refractivity (Wildman–Crippen MR) is 49.7 cm³/mol.